The molecule has 4 nitrogen and oxygen atoms in total. The summed E-state index contributed by atoms with van der Waals surface area (Å²) in [5, 5.41) is 0. The maximum absolute atomic E-state index is 11.9. The van der Waals surface area contributed by atoms with Crippen LogP contribution in [0.15, 0.2) is 22.7 Å². The molecule has 1 aromatic rings. The molecule has 0 unspecified atom stereocenters. The number of nitrogens with two attached hydrogens (primary N) is 1. The predicted octanol–water partition coefficient (Wildman–Crippen LogP) is 2.15. The van der Waals surface area contributed by atoms with Gasteiger partial charge in [-0.05, 0) is 24.6 Å². The Balaban J connectivity index is 2.83. The fourth-order valence-electron chi connectivity index (χ4n) is 1.66. The second-order valence-corrected chi connectivity index (χ2v) is 5.08. The molecule has 1 rings (SSSR count). The summed E-state index contributed by atoms with van der Waals surface area (Å²) in [6.45, 7) is 2.38. The highest BCUT2D eigenvalue weighted by Gasteiger charge is 2.17. The van der Waals surface area contributed by atoms with Crippen LogP contribution in [-0.4, -0.2) is 31.0 Å². The topological polar surface area (TPSA) is 55.6 Å². The summed E-state index contributed by atoms with van der Waals surface area (Å²) in [7, 11) is 3.37. The fraction of sp³-hybridized carbons (Fsp3) is 0.462. The Kier molecular flexibility index (Phi) is 5.62. The molecular weight excluding hydrogens is 296 g/mol. The largest absolute Gasteiger partial charge is 0.496 e. The summed E-state index contributed by atoms with van der Waals surface area (Å²) in [6, 6.07) is 5.28. The second-order valence-electron chi connectivity index (χ2n) is 4.17. The Morgan fingerprint density at radius 3 is 2.78 bits per heavy atom. The third-order valence-corrected chi connectivity index (χ3v) is 3.28. The molecule has 0 aromatic heterocycles. The molecule has 0 aliphatic rings. The first-order chi connectivity index (χ1) is 8.49. The summed E-state index contributed by atoms with van der Waals surface area (Å²) in [5.74, 6) is 0.711. The van der Waals surface area contributed by atoms with E-state index in [0.717, 1.165) is 15.8 Å². The number of carbonyl (C=O) groups is 1. The van der Waals surface area contributed by atoms with Gasteiger partial charge in [-0.15, -0.1) is 0 Å². The number of hydrogen-bond donors (Lipinski definition) is 1. The summed E-state index contributed by atoms with van der Waals surface area (Å²) < 4.78 is 6.24. The van der Waals surface area contributed by atoms with E-state index >= 15 is 0 Å². The average molecular weight is 315 g/mol. The van der Waals surface area contributed by atoms with Gasteiger partial charge in [-0.1, -0.05) is 22.9 Å². The van der Waals surface area contributed by atoms with Gasteiger partial charge in [0.05, 0.1) is 13.2 Å². The molecule has 0 saturated heterocycles. The van der Waals surface area contributed by atoms with E-state index in [-0.39, 0.29) is 5.91 Å². The summed E-state index contributed by atoms with van der Waals surface area (Å²) in [4.78, 5) is 13.5. The number of nitrogens with zero attached hydrogens (tertiary/aromatic N) is 1. The van der Waals surface area contributed by atoms with E-state index in [9.17, 15) is 4.79 Å². The van der Waals surface area contributed by atoms with Gasteiger partial charge in [-0.25, -0.2) is 0 Å². The molecule has 2 N–H and O–H groups in total. The predicted molar refractivity (Wildman–Crippen MR) is 75.4 cm³/mol. The Morgan fingerprint density at radius 2 is 2.22 bits per heavy atom. The molecule has 0 saturated carbocycles. The molecule has 5 heteroatoms. The minimum atomic E-state index is -0.437. The molecule has 1 atom stereocenters. The van der Waals surface area contributed by atoms with Crippen LogP contribution in [0, 0.1) is 0 Å². The highest BCUT2D eigenvalue weighted by atomic mass is 79.9. The Labute approximate surface area is 116 Å². The molecule has 1 aromatic carbocycles. The van der Waals surface area contributed by atoms with Crippen molar-refractivity contribution in [2.75, 3.05) is 14.2 Å². The molecule has 100 valence electrons. The Morgan fingerprint density at radius 1 is 1.56 bits per heavy atom. The number of hydrogen-bond acceptors (Lipinski definition) is 3. The van der Waals surface area contributed by atoms with Gasteiger partial charge in [-0.2, -0.15) is 0 Å². The van der Waals surface area contributed by atoms with Crippen molar-refractivity contribution in [1.29, 1.82) is 0 Å². The van der Waals surface area contributed by atoms with Gasteiger partial charge < -0.3 is 15.4 Å². The van der Waals surface area contributed by atoms with Crippen molar-refractivity contribution in [3.8, 4) is 5.75 Å². The van der Waals surface area contributed by atoms with Crippen LogP contribution in [0.2, 0.25) is 0 Å². The standard InChI is InChI=1S/C13H19BrN2O2/c1-4-11(15)13(17)16(2)8-9-7-10(14)5-6-12(9)18-3/h5-7,11H,4,8,15H2,1-3H3/t11-/m0/s1. The van der Waals surface area contributed by atoms with Crippen molar-refractivity contribution < 1.29 is 9.53 Å². The van der Waals surface area contributed by atoms with E-state index in [2.05, 4.69) is 15.9 Å². The first kappa shape index (κ1) is 15.0. The minimum Gasteiger partial charge on any atom is -0.496 e. The number of likely N-dealkylation sites (N-methyl/N-ethyl adjacent to an activating group) is 1. The van der Waals surface area contributed by atoms with Gasteiger partial charge >= 0.3 is 0 Å². The van der Waals surface area contributed by atoms with Crippen LogP contribution in [0.5, 0.6) is 5.75 Å². The SMILES string of the molecule is CC[C@H](N)C(=O)N(C)Cc1cc(Br)ccc1OC. The maximum atomic E-state index is 11.9. The average Bonchev–Trinajstić information content (AvgIpc) is 2.37. The van der Waals surface area contributed by atoms with Crippen molar-refractivity contribution in [2.24, 2.45) is 5.73 Å². The molecule has 1 amide bonds. The number of ether oxygens (including phenoxy) is 1. The van der Waals surface area contributed by atoms with Crippen LogP contribution in [0.4, 0.5) is 0 Å². The van der Waals surface area contributed by atoms with Gasteiger partial charge in [0.1, 0.15) is 5.75 Å². The third kappa shape index (κ3) is 3.71. The summed E-state index contributed by atoms with van der Waals surface area (Å²) in [5.41, 5.74) is 6.69. The first-order valence-electron chi connectivity index (χ1n) is 5.82. The molecule has 0 heterocycles. The lowest BCUT2D eigenvalue weighted by Crippen LogP contribution is -2.40. The van der Waals surface area contributed by atoms with Gasteiger partial charge in [0.25, 0.3) is 0 Å². The Hall–Kier alpha value is -1.07. The van der Waals surface area contributed by atoms with Crippen LogP contribution in [-0.2, 0) is 11.3 Å². The van der Waals surface area contributed by atoms with Crippen molar-refractivity contribution in [2.45, 2.75) is 25.9 Å². The quantitative estimate of drug-likeness (QED) is 0.906. The maximum Gasteiger partial charge on any atom is 0.239 e. The van der Waals surface area contributed by atoms with Gasteiger partial charge in [0.2, 0.25) is 5.91 Å². The Bertz CT molecular complexity index is 423. The van der Waals surface area contributed by atoms with E-state index in [1.807, 2.05) is 25.1 Å². The highest BCUT2D eigenvalue weighted by molar-refractivity contribution is 9.10. The zero-order valence-electron chi connectivity index (χ0n) is 10.9. The molecule has 0 fully saturated rings. The van der Waals surface area contributed by atoms with E-state index in [0.29, 0.717) is 13.0 Å². The molecule has 0 radical (unpaired) electrons. The molecule has 0 bridgehead atoms. The van der Waals surface area contributed by atoms with Gasteiger partial charge in [0.15, 0.2) is 0 Å². The normalized spacial score (nSPS) is 12.1. The lowest BCUT2D eigenvalue weighted by molar-refractivity contribution is -0.131. The number of methoxy groups -OCH3 is 1. The molecule has 0 aliphatic carbocycles. The highest BCUT2D eigenvalue weighted by Crippen LogP contribution is 2.24. The minimum absolute atomic E-state index is 0.0560. The van der Waals surface area contributed by atoms with Gasteiger partial charge in [-0.3, -0.25) is 4.79 Å². The fourth-order valence-corrected chi connectivity index (χ4v) is 2.07. The van der Waals surface area contributed by atoms with Crippen molar-refractivity contribution in [3.05, 3.63) is 28.2 Å². The van der Waals surface area contributed by atoms with Crippen molar-refractivity contribution in [3.63, 3.8) is 0 Å². The number of halogens is 1. The van der Waals surface area contributed by atoms with Crippen molar-refractivity contribution in [1.82, 2.24) is 4.90 Å². The van der Waals surface area contributed by atoms with E-state index < -0.39 is 6.04 Å². The molecule has 0 spiro atoms. The summed E-state index contributed by atoms with van der Waals surface area (Å²) in [6.07, 6.45) is 0.638. The first-order valence-corrected chi connectivity index (χ1v) is 6.61. The lowest BCUT2D eigenvalue weighted by Gasteiger charge is -2.21. The number of amides is 1. The molecule has 18 heavy (non-hydrogen) atoms. The second kappa shape index (κ2) is 6.75. The zero-order chi connectivity index (χ0) is 13.7. The number of rotatable bonds is 5. The zero-order valence-corrected chi connectivity index (χ0v) is 12.5. The van der Waals surface area contributed by atoms with Crippen LogP contribution in [0.25, 0.3) is 0 Å². The third-order valence-electron chi connectivity index (χ3n) is 2.78. The molecule has 0 aliphatic heterocycles. The molecular formula is C13H19BrN2O2. The van der Waals surface area contributed by atoms with E-state index in [4.69, 9.17) is 10.5 Å². The van der Waals surface area contributed by atoms with E-state index in [1.165, 1.54) is 0 Å². The smallest absolute Gasteiger partial charge is 0.239 e. The van der Waals surface area contributed by atoms with E-state index in [1.54, 1.807) is 19.1 Å². The number of carbonyl (C=O) groups excluding carboxylic acids is 1. The van der Waals surface area contributed by atoms with Gasteiger partial charge in [0, 0.05) is 23.6 Å². The number of benzene rings is 1. The van der Waals surface area contributed by atoms with Crippen LogP contribution in [0.3, 0.4) is 0 Å². The van der Waals surface area contributed by atoms with Crippen LogP contribution in [0.1, 0.15) is 18.9 Å². The van der Waals surface area contributed by atoms with Crippen LogP contribution >= 0.6 is 15.9 Å². The monoisotopic (exact) mass is 314 g/mol. The summed E-state index contributed by atoms with van der Waals surface area (Å²) >= 11 is 3.41. The van der Waals surface area contributed by atoms with Crippen molar-refractivity contribution >= 4 is 21.8 Å². The lowest BCUT2D eigenvalue weighted by atomic mass is 10.1. The van der Waals surface area contributed by atoms with Crippen LogP contribution < -0.4 is 10.5 Å².